The highest BCUT2D eigenvalue weighted by atomic mass is 16.5. The second-order valence-corrected chi connectivity index (χ2v) is 6.10. The number of carbonyl (C=O) groups excluding carboxylic acids is 1. The zero-order valence-corrected chi connectivity index (χ0v) is 14.8. The third-order valence-corrected chi connectivity index (χ3v) is 4.32. The van der Waals surface area contributed by atoms with Crippen molar-refractivity contribution in [3.63, 3.8) is 0 Å². The largest absolute Gasteiger partial charge is 0.466 e. The lowest BCUT2D eigenvalue weighted by Crippen LogP contribution is -2.36. The molecule has 0 saturated carbocycles. The molecule has 2 rings (SSSR count). The average Bonchev–Trinajstić information content (AvgIpc) is 2.61. The summed E-state index contributed by atoms with van der Waals surface area (Å²) in [6.45, 7) is 7.37. The predicted molar refractivity (Wildman–Crippen MR) is 97.6 cm³/mol. The highest BCUT2D eigenvalue weighted by molar-refractivity contribution is 5.70. The van der Waals surface area contributed by atoms with Crippen molar-refractivity contribution in [3.05, 3.63) is 71.8 Å². The molecule has 0 aliphatic carbocycles. The zero-order chi connectivity index (χ0) is 17.4. The molecule has 3 nitrogen and oxygen atoms in total. The Labute approximate surface area is 145 Å². The highest BCUT2D eigenvalue weighted by Gasteiger charge is 2.24. The van der Waals surface area contributed by atoms with Gasteiger partial charge in [0, 0.05) is 18.6 Å². The number of ether oxygens (including phenoxy) is 1. The summed E-state index contributed by atoms with van der Waals surface area (Å²) in [5, 5.41) is 0. The minimum absolute atomic E-state index is 0.0967. The fourth-order valence-electron chi connectivity index (χ4n) is 2.97. The number of carbonyl (C=O) groups is 1. The molecule has 0 bridgehead atoms. The summed E-state index contributed by atoms with van der Waals surface area (Å²) < 4.78 is 5.13. The van der Waals surface area contributed by atoms with Crippen LogP contribution in [0.1, 0.15) is 44.4 Å². The maximum atomic E-state index is 11.9. The van der Waals surface area contributed by atoms with Gasteiger partial charge in [0.15, 0.2) is 0 Å². The van der Waals surface area contributed by atoms with Crippen LogP contribution in [-0.4, -0.2) is 23.5 Å². The first-order chi connectivity index (χ1) is 11.6. The Morgan fingerprint density at radius 2 is 1.58 bits per heavy atom. The third kappa shape index (κ3) is 5.20. The number of benzene rings is 2. The number of nitrogens with zero attached hydrogens (tertiary/aromatic N) is 1. The first-order valence-electron chi connectivity index (χ1n) is 8.62. The maximum Gasteiger partial charge on any atom is 0.307 e. The smallest absolute Gasteiger partial charge is 0.307 e. The maximum absolute atomic E-state index is 11.9. The van der Waals surface area contributed by atoms with Crippen LogP contribution in [0.4, 0.5) is 0 Å². The van der Waals surface area contributed by atoms with E-state index in [4.69, 9.17) is 4.74 Å². The van der Waals surface area contributed by atoms with Crippen LogP contribution in [0.3, 0.4) is 0 Å². The Morgan fingerprint density at radius 1 is 1.00 bits per heavy atom. The van der Waals surface area contributed by atoms with Gasteiger partial charge in [-0.1, -0.05) is 60.7 Å². The fourth-order valence-corrected chi connectivity index (χ4v) is 2.97. The Morgan fingerprint density at radius 3 is 2.17 bits per heavy atom. The van der Waals surface area contributed by atoms with Crippen LogP contribution in [0.25, 0.3) is 0 Å². The van der Waals surface area contributed by atoms with Crippen molar-refractivity contribution in [2.24, 2.45) is 0 Å². The molecule has 3 heteroatoms. The summed E-state index contributed by atoms with van der Waals surface area (Å²) in [5.74, 6) is -0.136. The van der Waals surface area contributed by atoms with Crippen LogP contribution in [0.5, 0.6) is 0 Å². The van der Waals surface area contributed by atoms with Crippen molar-refractivity contribution in [2.75, 3.05) is 6.61 Å². The average molecular weight is 325 g/mol. The zero-order valence-electron chi connectivity index (χ0n) is 14.8. The lowest BCUT2D eigenvalue weighted by Gasteiger charge is -2.34. The van der Waals surface area contributed by atoms with Crippen LogP contribution < -0.4 is 0 Å². The molecular formula is C21H27NO2. The number of rotatable bonds is 8. The van der Waals surface area contributed by atoms with Gasteiger partial charge in [0.1, 0.15) is 0 Å². The molecule has 0 radical (unpaired) electrons. The van der Waals surface area contributed by atoms with Crippen LogP contribution in [-0.2, 0) is 16.1 Å². The van der Waals surface area contributed by atoms with Crippen LogP contribution in [0.2, 0.25) is 0 Å². The van der Waals surface area contributed by atoms with Gasteiger partial charge in [0.05, 0.1) is 13.0 Å². The van der Waals surface area contributed by atoms with E-state index in [0.717, 1.165) is 6.54 Å². The van der Waals surface area contributed by atoms with Gasteiger partial charge in [-0.3, -0.25) is 9.69 Å². The Kier molecular flexibility index (Phi) is 7.01. The quantitative estimate of drug-likeness (QED) is 0.665. The minimum atomic E-state index is -0.136. The Balaban J connectivity index is 2.18. The van der Waals surface area contributed by atoms with E-state index >= 15 is 0 Å². The van der Waals surface area contributed by atoms with Crippen molar-refractivity contribution < 1.29 is 9.53 Å². The van der Waals surface area contributed by atoms with E-state index < -0.39 is 0 Å². The van der Waals surface area contributed by atoms with Gasteiger partial charge in [-0.25, -0.2) is 0 Å². The molecule has 0 saturated heterocycles. The van der Waals surface area contributed by atoms with Crippen molar-refractivity contribution in [1.82, 2.24) is 4.90 Å². The summed E-state index contributed by atoms with van der Waals surface area (Å²) in [4.78, 5) is 14.3. The lowest BCUT2D eigenvalue weighted by atomic mass is 10.0. The fraction of sp³-hybridized carbons (Fsp3) is 0.381. The molecule has 2 aromatic rings. The van der Waals surface area contributed by atoms with E-state index in [9.17, 15) is 4.79 Å². The molecule has 2 atom stereocenters. The molecule has 0 fully saturated rings. The van der Waals surface area contributed by atoms with E-state index in [1.165, 1.54) is 11.1 Å². The van der Waals surface area contributed by atoms with E-state index in [1.807, 2.05) is 19.1 Å². The van der Waals surface area contributed by atoms with Crippen LogP contribution in [0, 0.1) is 0 Å². The van der Waals surface area contributed by atoms with Crippen molar-refractivity contribution in [2.45, 2.75) is 45.8 Å². The lowest BCUT2D eigenvalue weighted by molar-refractivity contribution is -0.144. The monoisotopic (exact) mass is 325 g/mol. The van der Waals surface area contributed by atoms with E-state index in [1.54, 1.807) is 0 Å². The topological polar surface area (TPSA) is 29.5 Å². The summed E-state index contributed by atoms with van der Waals surface area (Å²) in [6.07, 6.45) is 0.401. The first-order valence-corrected chi connectivity index (χ1v) is 8.62. The van der Waals surface area contributed by atoms with E-state index in [2.05, 4.69) is 67.3 Å². The SMILES string of the molecule is CCOC(=O)C[C@H](C)N(Cc1ccccc1)[C@@H](C)c1ccccc1. The molecule has 0 amide bonds. The second-order valence-electron chi connectivity index (χ2n) is 6.10. The van der Waals surface area contributed by atoms with Crippen LogP contribution >= 0.6 is 0 Å². The van der Waals surface area contributed by atoms with Gasteiger partial charge in [-0.05, 0) is 31.9 Å². The minimum Gasteiger partial charge on any atom is -0.466 e. The summed E-state index contributed by atoms with van der Waals surface area (Å²) in [5.41, 5.74) is 2.50. The number of hydrogen-bond acceptors (Lipinski definition) is 3. The van der Waals surface area contributed by atoms with Gasteiger partial charge in [-0.15, -0.1) is 0 Å². The molecule has 2 aromatic carbocycles. The normalized spacial score (nSPS) is 13.5. The molecule has 128 valence electrons. The Bertz CT molecular complexity index is 612. The molecule has 0 aliphatic heterocycles. The summed E-state index contributed by atoms with van der Waals surface area (Å²) in [6, 6.07) is 21.1. The molecule has 0 spiro atoms. The molecular weight excluding hydrogens is 298 g/mol. The highest BCUT2D eigenvalue weighted by Crippen LogP contribution is 2.26. The van der Waals surface area contributed by atoms with Gasteiger partial charge in [0.2, 0.25) is 0 Å². The number of hydrogen-bond donors (Lipinski definition) is 0. The molecule has 0 unspecified atom stereocenters. The first kappa shape index (κ1) is 18.2. The van der Waals surface area contributed by atoms with E-state index in [0.29, 0.717) is 13.0 Å². The standard InChI is InChI=1S/C21H27NO2/c1-4-24-21(23)15-17(2)22(16-19-11-7-5-8-12-19)18(3)20-13-9-6-10-14-20/h5-14,17-18H,4,15-16H2,1-3H3/t17-,18-/m0/s1. The number of esters is 1. The Hall–Kier alpha value is -2.13. The van der Waals surface area contributed by atoms with Gasteiger partial charge in [0.25, 0.3) is 0 Å². The van der Waals surface area contributed by atoms with E-state index in [-0.39, 0.29) is 18.1 Å². The van der Waals surface area contributed by atoms with Crippen molar-refractivity contribution >= 4 is 5.97 Å². The molecule has 0 N–H and O–H groups in total. The van der Waals surface area contributed by atoms with Gasteiger partial charge in [-0.2, -0.15) is 0 Å². The molecule has 24 heavy (non-hydrogen) atoms. The summed E-state index contributed by atoms with van der Waals surface area (Å²) >= 11 is 0. The van der Waals surface area contributed by atoms with Crippen molar-refractivity contribution in [1.29, 1.82) is 0 Å². The predicted octanol–water partition coefficient (Wildman–Crippen LogP) is 4.59. The van der Waals surface area contributed by atoms with Gasteiger partial charge >= 0.3 is 5.97 Å². The third-order valence-electron chi connectivity index (χ3n) is 4.32. The summed E-state index contributed by atoms with van der Waals surface area (Å²) in [7, 11) is 0. The molecule has 0 aliphatic rings. The van der Waals surface area contributed by atoms with Crippen molar-refractivity contribution in [3.8, 4) is 0 Å². The van der Waals surface area contributed by atoms with Crippen LogP contribution in [0.15, 0.2) is 60.7 Å². The second kappa shape index (κ2) is 9.24. The van der Waals surface area contributed by atoms with Gasteiger partial charge < -0.3 is 4.74 Å². The molecule has 0 aromatic heterocycles. The molecule has 0 heterocycles.